The van der Waals surface area contributed by atoms with Crippen LogP contribution in [0.2, 0.25) is 0 Å². The minimum absolute atomic E-state index is 0.00385. The number of anilines is 1. The number of hydrogen-bond donors (Lipinski definition) is 3. The highest BCUT2D eigenvalue weighted by Crippen LogP contribution is 2.39. The normalized spacial score (nSPS) is 18.5. The van der Waals surface area contributed by atoms with Gasteiger partial charge in [-0.15, -0.1) is 0 Å². The summed E-state index contributed by atoms with van der Waals surface area (Å²) in [4.78, 5) is 34.7. The molecule has 3 heterocycles. The number of H-pyrrole nitrogens is 1. The van der Waals surface area contributed by atoms with E-state index in [0.717, 1.165) is 55.5 Å². The number of ether oxygens (including phenoxy) is 2. The van der Waals surface area contributed by atoms with Crippen LogP contribution in [0.15, 0.2) is 96.2 Å². The molecule has 2 aromatic heterocycles. The molecule has 288 valence electrons. The third-order valence-corrected chi connectivity index (χ3v) is 12.4. The fraction of sp³-hybridized carbons (Fsp3) is 0.366. The van der Waals surface area contributed by atoms with Crippen molar-refractivity contribution < 1.29 is 27.6 Å². The number of fused-ring (bicyclic) bond motifs is 1. The second-order valence-corrected chi connectivity index (χ2v) is 16.2. The second-order valence-electron chi connectivity index (χ2n) is 14.5. The average Bonchev–Trinajstić information content (AvgIpc) is 3.68. The van der Waals surface area contributed by atoms with Crippen molar-refractivity contribution in [2.75, 3.05) is 32.1 Å². The summed E-state index contributed by atoms with van der Waals surface area (Å²) in [6, 6.07) is 23.7. The van der Waals surface area contributed by atoms with Crippen LogP contribution in [-0.2, 0) is 14.8 Å². The zero-order valence-electron chi connectivity index (χ0n) is 30.9. The quantitative estimate of drug-likeness (QED) is 0.0790. The Bertz CT molecular complexity index is 2250. The molecule has 2 aliphatic rings. The highest BCUT2D eigenvalue weighted by Gasteiger charge is 2.30. The van der Waals surface area contributed by atoms with Crippen molar-refractivity contribution in [2.24, 2.45) is 5.92 Å². The summed E-state index contributed by atoms with van der Waals surface area (Å²) in [6.07, 6.45) is 8.83. The fourth-order valence-corrected chi connectivity index (χ4v) is 8.67. The molecule has 0 bridgehead atoms. The van der Waals surface area contributed by atoms with Gasteiger partial charge in [0.15, 0.2) is 0 Å². The molecule has 0 radical (unpaired) electrons. The highest BCUT2D eigenvalue weighted by molar-refractivity contribution is 7.90. The van der Waals surface area contributed by atoms with Crippen molar-refractivity contribution in [3.05, 3.63) is 118 Å². The maximum atomic E-state index is 13.8. The van der Waals surface area contributed by atoms with E-state index in [4.69, 9.17) is 9.47 Å². The molecule has 14 heteroatoms. The predicted octanol–water partition coefficient (Wildman–Crippen LogP) is 7.94. The standard InChI is InChI=1S/C41H46N6O7S/c1-27(29-6-4-3-5-7-29)46(2)33-11-8-30(9-12-33)31-10-14-36(39(23-31)54-34-22-32-16-19-42-40(32)44-26-34)41(48)45-55(51,52)35-13-15-37(38(24-35)47(49)50)43-25-28-17-20-53-21-18-28/h3-7,10,13-16,19,22-24,26-28,30,33,43H,8-9,11-12,17-18,20-21,25H2,1-2H3,(H,42,44)(H,45,48)/t27-,30?,33?/m1/s1. The lowest BCUT2D eigenvalue weighted by molar-refractivity contribution is -0.384. The molecule has 5 aromatic rings. The Balaban J connectivity index is 1.10. The number of rotatable bonds is 13. The number of pyridine rings is 1. The van der Waals surface area contributed by atoms with Crippen molar-refractivity contribution >= 4 is 38.3 Å². The van der Waals surface area contributed by atoms with E-state index in [1.807, 2.05) is 24.3 Å². The van der Waals surface area contributed by atoms with E-state index in [1.54, 1.807) is 18.3 Å². The number of sulfonamides is 1. The van der Waals surface area contributed by atoms with Crippen LogP contribution in [0, 0.1) is 16.0 Å². The summed E-state index contributed by atoms with van der Waals surface area (Å²) < 4.78 is 41.0. The van der Waals surface area contributed by atoms with Crippen molar-refractivity contribution in [2.45, 2.75) is 68.3 Å². The molecule has 55 heavy (non-hydrogen) atoms. The van der Waals surface area contributed by atoms with E-state index < -0.39 is 31.4 Å². The molecular weight excluding hydrogens is 721 g/mol. The first-order chi connectivity index (χ1) is 26.6. The van der Waals surface area contributed by atoms with Gasteiger partial charge >= 0.3 is 0 Å². The van der Waals surface area contributed by atoms with Crippen LogP contribution in [0.1, 0.15) is 78.9 Å². The first kappa shape index (κ1) is 38.0. The number of benzene rings is 3. The Morgan fingerprint density at radius 3 is 2.53 bits per heavy atom. The smallest absolute Gasteiger partial charge is 0.293 e. The zero-order chi connectivity index (χ0) is 38.5. The summed E-state index contributed by atoms with van der Waals surface area (Å²) >= 11 is 0. The zero-order valence-corrected chi connectivity index (χ0v) is 31.8. The number of nitro benzene ring substituents is 1. The van der Waals surface area contributed by atoms with Crippen LogP contribution in [0.3, 0.4) is 0 Å². The van der Waals surface area contributed by atoms with Crippen LogP contribution in [0.5, 0.6) is 11.5 Å². The molecule has 13 nitrogen and oxygen atoms in total. The van der Waals surface area contributed by atoms with Crippen molar-refractivity contribution in [3.63, 3.8) is 0 Å². The first-order valence-corrected chi connectivity index (χ1v) is 20.2. The van der Waals surface area contributed by atoms with Gasteiger partial charge in [-0.1, -0.05) is 36.4 Å². The van der Waals surface area contributed by atoms with Gasteiger partial charge in [-0.2, -0.15) is 0 Å². The molecule has 2 fully saturated rings. The number of nitrogens with zero attached hydrogens (tertiary/aromatic N) is 3. The number of amides is 1. The topological polar surface area (TPSA) is 169 Å². The largest absolute Gasteiger partial charge is 0.455 e. The lowest BCUT2D eigenvalue weighted by Gasteiger charge is -2.38. The van der Waals surface area contributed by atoms with Crippen molar-refractivity contribution in [1.82, 2.24) is 19.6 Å². The Morgan fingerprint density at radius 2 is 1.78 bits per heavy atom. The summed E-state index contributed by atoms with van der Waals surface area (Å²) in [5.74, 6) is 0.120. The summed E-state index contributed by atoms with van der Waals surface area (Å²) in [5.41, 5.74) is 2.74. The molecule has 1 saturated carbocycles. The minimum Gasteiger partial charge on any atom is -0.455 e. The molecule has 0 spiro atoms. The Kier molecular flexibility index (Phi) is 11.5. The van der Waals surface area contributed by atoms with Gasteiger partial charge in [0.05, 0.1) is 21.6 Å². The number of nitrogens with one attached hydrogen (secondary N) is 3. The minimum atomic E-state index is -4.52. The number of carbonyl (C=O) groups is 1. The molecule has 3 N–H and O–H groups in total. The van der Waals surface area contributed by atoms with Gasteiger partial charge in [-0.05, 0) is 112 Å². The Labute approximate surface area is 320 Å². The SMILES string of the molecule is C[C@H](c1ccccc1)N(C)C1CCC(c2ccc(C(=O)NS(=O)(=O)c3ccc(NCC4CCOCC4)c([N+](=O)[O-])c3)c(Oc3cnc4[nH]ccc4c3)c2)CC1. The first-order valence-electron chi connectivity index (χ1n) is 18.7. The molecule has 1 aliphatic heterocycles. The lowest BCUT2D eigenvalue weighted by Crippen LogP contribution is -2.36. The molecule has 0 unspecified atom stereocenters. The van der Waals surface area contributed by atoms with Crippen molar-refractivity contribution in [1.29, 1.82) is 0 Å². The maximum Gasteiger partial charge on any atom is 0.293 e. The number of nitro groups is 1. The van der Waals surface area contributed by atoms with Gasteiger partial charge in [-0.3, -0.25) is 19.8 Å². The number of carbonyl (C=O) groups excluding carboxylic acids is 1. The molecule has 3 aromatic carbocycles. The van der Waals surface area contributed by atoms with Gasteiger partial charge in [0.2, 0.25) is 0 Å². The van der Waals surface area contributed by atoms with E-state index in [9.17, 15) is 23.3 Å². The average molecular weight is 767 g/mol. The monoisotopic (exact) mass is 766 g/mol. The van der Waals surface area contributed by atoms with Crippen LogP contribution in [-0.4, -0.2) is 67.0 Å². The van der Waals surface area contributed by atoms with Gasteiger partial charge in [0, 0.05) is 49.5 Å². The second kappa shape index (κ2) is 16.6. The van der Waals surface area contributed by atoms with Gasteiger partial charge in [-0.25, -0.2) is 18.1 Å². The maximum absolute atomic E-state index is 13.8. The van der Waals surface area contributed by atoms with E-state index in [2.05, 4.69) is 63.1 Å². The lowest BCUT2D eigenvalue weighted by atomic mass is 9.80. The van der Waals surface area contributed by atoms with E-state index >= 15 is 0 Å². The number of aromatic amines is 1. The third kappa shape index (κ3) is 8.82. The fourth-order valence-electron chi connectivity index (χ4n) is 7.69. The molecular formula is C41H46N6O7S. The highest BCUT2D eigenvalue weighted by atomic mass is 32.2. The molecule has 1 aliphatic carbocycles. The van der Waals surface area contributed by atoms with Crippen LogP contribution in [0.25, 0.3) is 11.0 Å². The van der Waals surface area contributed by atoms with Crippen LogP contribution >= 0.6 is 0 Å². The number of aromatic nitrogens is 2. The third-order valence-electron chi connectivity index (χ3n) is 11.1. The van der Waals surface area contributed by atoms with E-state index in [1.165, 1.54) is 23.9 Å². The van der Waals surface area contributed by atoms with Gasteiger partial charge in [0.25, 0.3) is 21.6 Å². The van der Waals surface area contributed by atoms with Crippen LogP contribution in [0.4, 0.5) is 11.4 Å². The molecule has 1 atom stereocenters. The number of hydrogen-bond acceptors (Lipinski definition) is 10. The molecule has 7 rings (SSSR count). The predicted molar refractivity (Wildman–Crippen MR) is 210 cm³/mol. The van der Waals surface area contributed by atoms with Crippen LogP contribution < -0.4 is 14.8 Å². The summed E-state index contributed by atoms with van der Waals surface area (Å²) in [6.45, 7) is 3.99. The molecule has 1 saturated heterocycles. The Hall–Kier alpha value is -5.31. The van der Waals surface area contributed by atoms with Crippen molar-refractivity contribution in [3.8, 4) is 11.5 Å². The summed E-state index contributed by atoms with van der Waals surface area (Å²) in [7, 11) is -2.34. The van der Waals surface area contributed by atoms with E-state index in [-0.39, 0.29) is 34.9 Å². The van der Waals surface area contributed by atoms with Gasteiger partial charge in [0.1, 0.15) is 22.8 Å². The van der Waals surface area contributed by atoms with Gasteiger partial charge < -0.3 is 19.8 Å². The summed E-state index contributed by atoms with van der Waals surface area (Å²) in [5, 5.41) is 15.9. The van der Waals surface area contributed by atoms with E-state index in [0.29, 0.717) is 37.2 Å². The Morgan fingerprint density at radius 1 is 1.02 bits per heavy atom. The molecule has 1 amide bonds.